The second kappa shape index (κ2) is 5.91. The molecule has 0 fully saturated rings. The molecule has 0 saturated heterocycles. The van der Waals surface area contributed by atoms with Crippen molar-refractivity contribution in [3.8, 4) is 0 Å². The molecule has 8 heteroatoms. The molecule has 1 amide bonds. The number of hydrogen-bond acceptors (Lipinski definition) is 5. The summed E-state index contributed by atoms with van der Waals surface area (Å²) in [6, 6.07) is 4.77. The van der Waals surface area contributed by atoms with Gasteiger partial charge in [-0.2, -0.15) is 0 Å². The molecule has 0 bridgehead atoms. The van der Waals surface area contributed by atoms with Gasteiger partial charge in [0.05, 0.1) is 11.5 Å². The summed E-state index contributed by atoms with van der Waals surface area (Å²) in [7, 11) is -2.37. The standard InChI is InChI=1S/C10H15N3O4S/c1-17-6-9(11)10(14)13-7-3-2-4-8(5-7)18(12,15)16/h2-5,9H,6,11H2,1H3,(H,13,14)(H2,12,15,16). The highest BCUT2D eigenvalue weighted by atomic mass is 32.2. The van der Waals surface area contributed by atoms with Gasteiger partial charge in [0, 0.05) is 12.8 Å². The lowest BCUT2D eigenvalue weighted by Gasteiger charge is -2.11. The lowest BCUT2D eigenvalue weighted by molar-refractivity contribution is -0.118. The minimum Gasteiger partial charge on any atom is -0.383 e. The van der Waals surface area contributed by atoms with Gasteiger partial charge >= 0.3 is 0 Å². The maximum atomic E-state index is 11.6. The topological polar surface area (TPSA) is 125 Å². The van der Waals surface area contributed by atoms with Gasteiger partial charge < -0.3 is 15.8 Å². The zero-order valence-electron chi connectivity index (χ0n) is 9.79. The van der Waals surface area contributed by atoms with Crippen LogP contribution in [-0.4, -0.2) is 34.1 Å². The third kappa shape index (κ3) is 4.08. The summed E-state index contributed by atoms with van der Waals surface area (Å²) in [5.74, 6) is -0.469. The summed E-state index contributed by atoms with van der Waals surface area (Å²) in [5.41, 5.74) is 5.82. The first kappa shape index (κ1) is 14.6. The molecule has 7 nitrogen and oxygen atoms in total. The Morgan fingerprint density at radius 2 is 2.17 bits per heavy atom. The van der Waals surface area contributed by atoms with Crippen LogP contribution in [0.25, 0.3) is 0 Å². The Kier molecular flexibility index (Phi) is 4.79. The normalized spacial score (nSPS) is 13.1. The molecule has 100 valence electrons. The Balaban J connectivity index is 2.83. The molecule has 1 atom stereocenters. The zero-order valence-corrected chi connectivity index (χ0v) is 10.6. The number of benzene rings is 1. The molecular formula is C10H15N3O4S. The lowest BCUT2D eigenvalue weighted by Crippen LogP contribution is -2.39. The molecule has 0 heterocycles. The predicted molar refractivity (Wildman–Crippen MR) is 66.3 cm³/mol. The number of rotatable bonds is 5. The molecule has 0 spiro atoms. The predicted octanol–water partition coefficient (Wildman–Crippen LogP) is -0.754. The summed E-state index contributed by atoms with van der Waals surface area (Å²) in [6.07, 6.45) is 0. The van der Waals surface area contributed by atoms with Crippen LogP contribution in [0.5, 0.6) is 0 Å². The Bertz CT molecular complexity index is 530. The van der Waals surface area contributed by atoms with Gasteiger partial charge in [0.15, 0.2) is 0 Å². The van der Waals surface area contributed by atoms with E-state index in [9.17, 15) is 13.2 Å². The Morgan fingerprint density at radius 3 is 2.72 bits per heavy atom. The molecule has 0 aliphatic heterocycles. The monoisotopic (exact) mass is 273 g/mol. The van der Waals surface area contributed by atoms with E-state index in [2.05, 4.69) is 5.32 Å². The average molecular weight is 273 g/mol. The van der Waals surface area contributed by atoms with E-state index < -0.39 is 22.0 Å². The number of nitrogens with one attached hydrogen (secondary N) is 1. The van der Waals surface area contributed by atoms with E-state index in [4.69, 9.17) is 15.6 Å². The maximum Gasteiger partial charge on any atom is 0.243 e. The van der Waals surface area contributed by atoms with Crippen LogP contribution in [0.4, 0.5) is 5.69 Å². The van der Waals surface area contributed by atoms with E-state index in [1.165, 1.54) is 31.4 Å². The van der Waals surface area contributed by atoms with E-state index in [1.807, 2.05) is 0 Å². The van der Waals surface area contributed by atoms with Gasteiger partial charge in [0.2, 0.25) is 15.9 Å². The molecule has 0 aliphatic rings. The van der Waals surface area contributed by atoms with Crippen molar-refractivity contribution in [1.29, 1.82) is 0 Å². The molecule has 0 aliphatic carbocycles. The highest BCUT2D eigenvalue weighted by molar-refractivity contribution is 7.89. The fourth-order valence-electron chi connectivity index (χ4n) is 1.24. The molecule has 18 heavy (non-hydrogen) atoms. The van der Waals surface area contributed by atoms with Gasteiger partial charge in [-0.3, -0.25) is 4.79 Å². The first-order valence-corrected chi connectivity index (χ1v) is 6.57. The molecule has 5 N–H and O–H groups in total. The van der Waals surface area contributed by atoms with Crippen molar-refractivity contribution >= 4 is 21.6 Å². The van der Waals surface area contributed by atoms with Gasteiger partial charge in [-0.1, -0.05) is 6.07 Å². The third-order valence-corrected chi connectivity index (χ3v) is 3.02. The van der Waals surface area contributed by atoms with Crippen LogP contribution in [0, 0.1) is 0 Å². The van der Waals surface area contributed by atoms with Gasteiger partial charge in [-0.25, -0.2) is 13.6 Å². The Hall–Kier alpha value is -1.48. The largest absolute Gasteiger partial charge is 0.383 e. The molecule has 1 rings (SSSR count). The number of ether oxygens (including phenoxy) is 1. The van der Waals surface area contributed by atoms with Crippen molar-refractivity contribution < 1.29 is 17.9 Å². The first-order chi connectivity index (χ1) is 8.34. The van der Waals surface area contributed by atoms with Crippen LogP contribution >= 0.6 is 0 Å². The Morgan fingerprint density at radius 1 is 1.50 bits per heavy atom. The van der Waals surface area contributed by atoms with Crippen molar-refractivity contribution in [2.75, 3.05) is 19.0 Å². The summed E-state index contributed by atoms with van der Waals surface area (Å²) in [5, 5.41) is 7.45. The smallest absolute Gasteiger partial charge is 0.243 e. The van der Waals surface area contributed by atoms with Crippen LogP contribution in [-0.2, 0) is 19.6 Å². The van der Waals surface area contributed by atoms with Crippen LogP contribution in [0.2, 0.25) is 0 Å². The van der Waals surface area contributed by atoms with Crippen LogP contribution in [0.15, 0.2) is 29.2 Å². The minimum absolute atomic E-state index is 0.0702. The van der Waals surface area contributed by atoms with E-state index in [0.29, 0.717) is 5.69 Å². The highest BCUT2D eigenvalue weighted by Crippen LogP contribution is 2.14. The summed E-state index contributed by atoms with van der Waals surface area (Å²) < 4.78 is 27.0. The number of hydrogen-bond donors (Lipinski definition) is 3. The summed E-state index contributed by atoms with van der Waals surface area (Å²) >= 11 is 0. The van der Waals surface area contributed by atoms with E-state index in [1.54, 1.807) is 0 Å². The SMILES string of the molecule is COCC(N)C(=O)Nc1cccc(S(N)(=O)=O)c1. The maximum absolute atomic E-state index is 11.6. The highest BCUT2D eigenvalue weighted by Gasteiger charge is 2.14. The van der Waals surface area contributed by atoms with Crippen LogP contribution in [0.1, 0.15) is 0 Å². The van der Waals surface area contributed by atoms with E-state index in [0.717, 1.165) is 0 Å². The van der Waals surface area contributed by atoms with Crippen molar-refractivity contribution in [1.82, 2.24) is 0 Å². The number of sulfonamides is 1. The lowest BCUT2D eigenvalue weighted by atomic mass is 10.2. The summed E-state index contributed by atoms with van der Waals surface area (Å²) in [4.78, 5) is 11.5. The van der Waals surface area contributed by atoms with Crippen molar-refractivity contribution in [3.63, 3.8) is 0 Å². The molecule has 0 radical (unpaired) electrons. The van der Waals surface area contributed by atoms with Gasteiger partial charge in [0.25, 0.3) is 0 Å². The number of primary sulfonamides is 1. The number of amides is 1. The van der Waals surface area contributed by atoms with Crippen LogP contribution < -0.4 is 16.2 Å². The zero-order chi connectivity index (χ0) is 13.8. The fraction of sp³-hybridized carbons (Fsp3) is 0.300. The van der Waals surface area contributed by atoms with Gasteiger partial charge in [-0.05, 0) is 18.2 Å². The average Bonchev–Trinajstić information content (AvgIpc) is 2.28. The van der Waals surface area contributed by atoms with Crippen molar-refractivity contribution in [2.45, 2.75) is 10.9 Å². The second-order valence-corrected chi connectivity index (χ2v) is 5.19. The molecular weight excluding hydrogens is 258 g/mol. The molecule has 1 aromatic rings. The number of anilines is 1. The molecule has 1 aromatic carbocycles. The summed E-state index contributed by atoms with van der Waals surface area (Å²) in [6.45, 7) is 0.0702. The van der Waals surface area contributed by atoms with E-state index in [-0.39, 0.29) is 11.5 Å². The van der Waals surface area contributed by atoms with Crippen molar-refractivity contribution in [3.05, 3.63) is 24.3 Å². The van der Waals surface area contributed by atoms with Crippen molar-refractivity contribution in [2.24, 2.45) is 10.9 Å². The minimum atomic E-state index is -3.80. The first-order valence-electron chi connectivity index (χ1n) is 5.03. The Labute approximate surface area is 105 Å². The number of methoxy groups -OCH3 is 1. The van der Waals surface area contributed by atoms with Gasteiger partial charge in [-0.15, -0.1) is 0 Å². The fourth-order valence-corrected chi connectivity index (χ4v) is 1.80. The van der Waals surface area contributed by atoms with Gasteiger partial charge in [0.1, 0.15) is 6.04 Å². The third-order valence-electron chi connectivity index (χ3n) is 2.11. The number of carbonyl (C=O) groups excluding carboxylic acids is 1. The molecule has 1 unspecified atom stereocenters. The quantitative estimate of drug-likeness (QED) is 0.650. The number of carbonyl (C=O) groups is 1. The number of nitrogens with two attached hydrogens (primary N) is 2. The van der Waals surface area contributed by atoms with Crippen LogP contribution in [0.3, 0.4) is 0 Å². The van der Waals surface area contributed by atoms with E-state index >= 15 is 0 Å². The molecule has 0 saturated carbocycles. The molecule has 0 aromatic heterocycles. The second-order valence-electron chi connectivity index (χ2n) is 3.62.